The van der Waals surface area contributed by atoms with Gasteiger partial charge in [-0.2, -0.15) is 0 Å². The summed E-state index contributed by atoms with van der Waals surface area (Å²) in [6, 6.07) is 28.6. The minimum absolute atomic E-state index is 0.189. The second-order valence-electron chi connectivity index (χ2n) is 6.10. The quantitative estimate of drug-likeness (QED) is 0.674. The van der Waals surface area contributed by atoms with Crippen LogP contribution in [0.5, 0.6) is 0 Å². The number of carbonyl (C=O) groups is 1. The molecule has 0 fully saturated rings. The molecule has 3 nitrogen and oxygen atoms in total. The summed E-state index contributed by atoms with van der Waals surface area (Å²) in [7, 11) is 0. The van der Waals surface area contributed by atoms with Gasteiger partial charge in [0.2, 0.25) is 5.78 Å². The third-order valence-corrected chi connectivity index (χ3v) is 4.41. The summed E-state index contributed by atoms with van der Waals surface area (Å²) in [5, 5.41) is 0. The largest absolute Gasteiger partial charge is 0.458 e. The lowest BCUT2D eigenvalue weighted by molar-refractivity contribution is -0.207. The van der Waals surface area contributed by atoms with Crippen molar-refractivity contribution in [1.82, 2.24) is 0 Å². The first-order valence-corrected chi connectivity index (χ1v) is 8.51. The second kappa shape index (κ2) is 6.98. The average Bonchev–Trinajstić information content (AvgIpc) is 3.06. The molecule has 1 aliphatic rings. The van der Waals surface area contributed by atoms with E-state index in [0.29, 0.717) is 11.1 Å². The van der Waals surface area contributed by atoms with Crippen LogP contribution in [0.3, 0.4) is 0 Å². The van der Waals surface area contributed by atoms with Crippen LogP contribution in [-0.4, -0.2) is 5.78 Å². The van der Waals surface area contributed by atoms with Gasteiger partial charge in [-0.3, -0.25) is 4.79 Å². The highest BCUT2D eigenvalue weighted by atomic mass is 16.7. The van der Waals surface area contributed by atoms with Crippen molar-refractivity contribution in [1.29, 1.82) is 0 Å². The molecule has 3 aromatic rings. The van der Waals surface area contributed by atoms with E-state index in [4.69, 9.17) is 9.47 Å². The molecule has 0 N–H and O–H groups in total. The van der Waals surface area contributed by atoms with Gasteiger partial charge >= 0.3 is 5.79 Å². The van der Waals surface area contributed by atoms with Crippen molar-refractivity contribution >= 4 is 11.4 Å². The molecule has 1 heterocycles. The zero-order chi connectivity index (χ0) is 17.8. The highest BCUT2D eigenvalue weighted by Crippen LogP contribution is 2.40. The highest BCUT2D eigenvalue weighted by Gasteiger charge is 2.49. The Bertz CT molecular complexity index is 917. The Morgan fingerprint density at radius 1 is 0.769 bits per heavy atom. The maximum absolute atomic E-state index is 13.3. The maximum atomic E-state index is 13.3. The van der Waals surface area contributed by atoms with E-state index in [1.807, 2.05) is 91.0 Å². The van der Waals surface area contributed by atoms with E-state index in [2.05, 4.69) is 0 Å². The first-order valence-electron chi connectivity index (χ1n) is 8.51. The van der Waals surface area contributed by atoms with Crippen molar-refractivity contribution in [2.24, 2.45) is 0 Å². The molecule has 0 aliphatic carbocycles. The SMILES string of the molecule is O=C1C(c2ccccc2)=COC1(OCc1ccccc1)c1ccccc1. The molecule has 0 saturated heterocycles. The van der Waals surface area contributed by atoms with Crippen molar-refractivity contribution in [2.75, 3.05) is 0 Å². The van der Waals surface area contributed by atoms with Crippen molar-refractivity contribution < 1.29 is 14.3 Å². The van der Waals surface area contributed by atoms with Gasteiger partial charge in [0.25, 0.3) is 0 Å². The van der Waals surface area contributed by atoms with Gasteiger partial charge in [0, 0.05) is 5.56 Å². The first-order chi connectivity index (χ1) is 12.8. The minimum Gasteiger partial charge on any atom is -0.458 e. The van der Waals surface area contributed by atoms with Crippen LogP contribution in [0.2, 0.25) is 0 Å². The van der Waals surface area contributed by atoms with Gasteiger partial charge in [-0.1, -0.05) is 91.0 Å². The van der Waals surface area contributed by atoms with Crippen molar-refractivity contribution in [2.45, 2.75) is 12.4 Å². The van der Waals surface area contributed by atoms with Gasteiger partial charge in [0.15, 0.2) is 0 Å². The van der Waals surface area contributed by atoms with E-state index in [-0.39, 0.29) is 12.4 Å². The Labute approximate surface area is 152 Å². The van der Waals surface area contributed by atoms with Gasteiger partial charge in [-0.25, -0.2) is 0 Å². The van der Waals surface area contributed by atoms with Crippen LogP contribution in [0, 0.1) is 0 Å². The summed E-state index contributed by atoms with van der Waals surface area (Å²) in [5.74, 6) is -1.65. The number of ether oxygens (including phenoxy) is 2. The van der Waals surface area contributed by atoms with Crippen LogP contribution in [0.15, 0.2) is 97.3 Å². The summed E-state index contributed by atoms with van der Waals surface area (Å²) in [6.45, 7) is 0.275. The lowest BCUT2D eigenvalue weighted by Crippen LogP contribution is -2.37. The molecule has 0 spiro atoms. The summed E-state index contributed by atoms with van der Waals surface area (Å²) < 4.78 is 12.0. The van der Waals surface area contributed by atoms with E-state index < -0.39 is 5.79 Å². The van der Waals surface area contributed by atoms with Crippen molar-refractivity contribution in [3.05, 3.63) is 114 Å². The Hall–Kier alpha value is -3.17. The predicted molar refractivity (Wildman–Crippen MR) is 99.9 cm³/mol. The van der Waals surface area contributed by atoms with E-state index in [1.54, 1.807) is 0 Å². The molecule has 26 heavy (non-hydrogen) atoms. The summed E-state index contributed by atoms with van der Waals surface area (Å²) in [5.41, 5.74) is 3.00. The van der Waals surface area contributed by atoms with E-state index in [9.17, 15) is 4.79 Å². The van der Waals surface area contributed by atoms with E-state index in [0.717, 1.165) is 11.1 Å². The third kappa shape index (κ3) is 2.93. The van der Waals surface area contributed by atoms with Crippen LogP contribution in [0.4, 0.5) is 0 Å². The molecular formula is C23H18O3. The molecule has 1 atom stereocenters. The van der Waals surface area contributed by atoms with E-state index >= 15 is 0 Å². The third-order valence-electron chi connectivity index (χ3n) is 4.41. The van der Waals surface area contributed by atoms with Crippen LogP contribution < -0.4 is 0 Å². The smallest absolute Gasteiger partial charge is 0.302 e. The van der Waals surface area contributed by atoms with Crippen LogP contribution in [0.1, 0.15) is 16.7 Å². The Morgan fingerprint density at radius 3 is 2.00 bits per heavy atom. The zero-order valence-electron chi connectivity index (χ0n) is 14.2. The number of hydrogen-bond donors (Lipinski definition) is 0. The molecule has 4 rings (SSSR count). The van der Waals surface area contributed by atoms with Gasteiger partial charge in [0.1, 0.15) is 0 Å². The zero-order valence-corrected chi connectivity index (χ0v) is 14.2. The molecule has 0 amide bonds. The molecule has 3 aromatic carbocycles. The van der Waals surface area contributed by atoms with Crippen LogP contribution >= 0.6 is 0 Å². The van der Waals surface area contributed by atoms with Crippen molar-refractivity contribution in [3.8, 4) is 0 Å². The molecular weight excluding hydrogens is 324 g/mol. The van der Waals surface area contributed by atoms with Gasteiger partial charge in [-0.15, -0.1) is 0 Å². The number of carbonyl (C=O) groups excluding carboxylic acids is 1. The van der Waals surface area contributed by atoms with Gasteiger partial charge < -0.3 is 9.47 Å². The number of Topliss-reactive ketones (excluding diaryl/α,β-unsaturated/α-hetero) is 1. The topological polar surface area (TPSA) is 35.5 Å². The second-order valence-corrected chi connectivity index (χ2v) is 6.10. The summed E-state index contributed by atoms with van der Waals surface area (Å²) >= 11 is 0. The monoisotopic (exact) mass is 342 g/mol. The number of ketones is 1. The lowest BCUT2D eigenvalue weighted by Gasteiger charge is -2.28. The fourth-order valence-electron chi connectivity index (χ4n) is 3.04. The summed E-state index contributed by atoms with van der Waals surface area (Å²) in [4.78, 5) is 13.3. The first kappa shape index (κ1) is 16.3. The number of benzene rings is 3. The molecule has 3 heteroatoms. The molecule has 0 bridgehead atoms. The highest BCUT2D eigenvalue weighted by molar-refractivity contribution is 6.25. The standard InChI is InChI=1S/C23H18O3/c24-22-21(19-12-6-2-7-13-19)17-26-23(22,20-14-8-3-9-15-20)25-16-18-10-4-1-5-11-18/h1-15,17H,16H2. The molecule has 1 aliphatic heterocycles. The molecule has 128 valence electrons. The van der Waals surface area contributed by atoms with Crippen molar-refractivity contribution in [3.63, 3.8) is 0 Å². The number of hydrogen-bond acceptors (Lipinski definition) is 3. The minimum atomic E-state index is -1.46. The van der Waals surface area contributed by atoms with Crippen LogP contribution in [0.25, 0.3) is 5.57 Å². The van der Waals surface area contributed by atoms with E-state index in [1.165, 1.54) is 6.26 Å². The predicted octanol–water partition coefficient (Wildman–Crippen LogP) is 4.70. The Balaban J connectivity index is 1.68. The molecule has 0 radical (unpaired) electrons. The van der Waals surface area contributed by atoms with Gasteiger partial charge in [0.05, 0.1) is 18.4 Å². The summed E-state index contributed by atoms with van der Waals surface area (Å²) in [6.07, 6.45) is 1.51. The Morgan fingerprint density at radius 2 is 1.35 bits per heavy atom. The molecule has 1 unspecified atom stereocenters. The fourth-order valence-corrected chi connectivity index (χ4v) is 3.04. The van der Waals surface area contributed by atoms with Gasteiger partial charge in [-0.05, 0) is 11.1 Å². The lowest BCUT2D eigenvalue weighted by atomic mass is 9.94. The number of rotatable bonds is 5. The van der Waals surface area contributed by atoms with Crippen LogP contribution in [-0.2, 0) is 26.7 Å². The fraction of sp³-hybridized carbons (Fsp3) is 0.0870. The maximum Gasteiger partial charge on any atom is 0.302 e. The Kier molecular flexibility index (Phi) is 4.38. The average molecular weight is 342 g/mol. The molecule has 0 saturated carbocycles. The molecule has 0 aromatic heterocycles. The normalized spacial score (nSPS) is 19.1.